The van der Waals surface area contributed by atoms with Crippen LogP contribution < -0.4 is 10.2 Å². The van der Waals surface area contributed by atoms with Crippen molar-refractivity contribution < 1.29 is 9.59 Å². The van der Waals surface area contributed by atoms with E-state index in [4.69, 9.17) is 34.8 Å². The van der Waals surface area contributed by atoms with Gasteiger partial charge in [-0.05, 0) is 43.2 Å². The van der Waals surface area contributed by atoms with Crippen LogP contribution in [0.4, 0.5) is 11.4 Å². The third-order valence-electron chi connectivity index (χ3n) is 3.58. The Bertz CT molecular complexity index is 794. The van der Waals surface area contributed by atoms with Gasteiger partial charge in [0.05, 0.1) is 26.4 Å². The third-order valence-corrected chi connectivity index (χ3v) is 4.50. The van der Waals surface area contributed by atoms with Crippen LogP contribution in [0.1, 0.15) is 18.1 Å². The molecule has 4 nitrogen and oxygen atoms in total. The lowest BCUT2D eigenvalue weighted by atomic mass is 10.1. The van der Waals surface area contributed by atoms with E-state index in [1.165, 1.54) is 11.8 Å². The van der Waals surface area contributed by atoms with Crippen molar-refractivity contribution in [1.82, 2.24) is 0 Å². The van der Waals surface area contributed by atoms with E-state index in [1.54, 1.807) is 24.3 Å². The van der Waals surface area contributed by atoms with Gasteiger partial charge in [0.25, 0.3) is 0 Å². The van der Waals surface area contributed by atoms with Gasteiger partial charge in [0.15, 0.2) is 0 Å². The zero-order valence-electron chi connectivity index (χ0n) is 14.0. The molecule has 0 aliphatic rings. The number of halogens is 3. The lowest BCUT2D eigenvalue weighted by molar-refractivity contribution is -0.120. The summed E-state index contributed by atoms with van der Waals surface area (Å²) in [4.78, 5) is 25.9. The standard InChI is InChI=1S/C18H17Cl3N2O2/c1-10-7-11(2)18(15(21)8-10)23(12(3)24)9-16(25)22-17-13(19)5-4-6-14(17)20/h4-8H,9H2,1-3H3,(H,22,25). The number of hydrogen-bond acceptors (Lipinski definition) is 2. The Balaban J connectivity index is 2.29. The number of nitrogens with one attached hydrogen (secondary N) is 1. The van der Waals surface area contributed by atoms with Crippen molar-refractivity contribution in [3.8, 4) is 0 Å². The second-order valence-corrected chi connectivity index (χ2v) is 6.88. The molecule has 25 heavy (non-hydrogen) atoms. The highest BCUT2D eigenvalue weighted by molar-refractivity contribution is 6.39. The zero-order valence-corrected chi connectivity index (χ0v) is 16.3. The molecule has 2 aromatic rings. The second kappa shape index (κ2) is 8.09. The first kappa shape index (κ1) is 19.6. The summed E-state index contributed by atoms with van der Waals surface area (Å²) in [7, 11) is 0. The minimum atomic E-state index is -0.429. The fourth-order valence-corrected chi connectivity index (χ4v) is 3.45. The van der Waals surface area contributed by atoms with Gasteiger partial charge in [0.2, 0.25) is 11.8 Å². The van der Waals surface area contributed by atoms with E-state index in [1.807, 2.05) is 19.9 Å². The summed E-state index contributed by atoms with van der Waals surface area (Å²) in [6.45, 7) is 4.92. The van der Waals surface area contributed by atoms with Gasteiger partial charge in [-0.3, -0.25) is 9.59 Å². The molecule has 0 aliphatic heterocycles. The lowest BCUT2D eigenvalue weighted by Crippen LogP contribution is -2.37. The Morgan fingerprint density at radius 1 is 1.04 bits per heavy atom. The van der Waals surface area contributed by atoms with Crippen molar-refractivity contribution >= 4 is 58.0 Å². The van der Waals surface area contributed by atoms with Gasteiger partial charge in [-0.15, -0.1) is 0 Å². The number of carbonyl (C=O) groups excluding carboxylic acids is 2. The molecule has 0 fully saturated rings. The maximum absolute atomic E-state index is 12.4. The minimum absolute atomic E-state index is 0.208. The molecule has 0 aliphatic carbocycles. The molecule has 2 aromatic carbocycles. The number of amides is 2. The zero-order chi connectivity index (χ0) is 18.7. The normalized spacial score (nSPS) is 10.5. The van der Waals surface area contributed by atoms with Crippen molar-refractivity contribution in [2.45, 2.75) is 20.8 Å². The molecule has 0 aromatic heterocycles. The smallest absolute Gasteiger partial charge is 0.244 e. The van der Waals surface area contributed by atoms with Gasteiger partial charge in [-0.1, -0.05) is 46.9 Å². The minimum Gasteiger partial charge on any atom is -0.322 e. The van der Waals surface area contributed by atoms with Crippen LogP contribution in [0.5, 0.6) is 0 Å². The quantitative estimate of drug-likeness (QED) is 0.763. The van der Waals surface area contributed by atoms with Crippen LogP contribution in [-0.4, -0.2) is 18.4 Å². The van der Waals surface area contributed by atoms with Crippen molar-refractivity contribution in [1.29, 1.82) is 0 Å². The molecule has 0 bridgehead atoms. The molecule has 0 saturated carbocycles. The van der Waals surface area contributed by atoms with E-state index in [9.17, 15) is 9.59 Å². The van der Waals surface area contributed by atoms with Gasteiger partial charge in [-0.25, -0.2) is 0 Å². The van der Waals surface area contributed by atoms with Gasteiger partial charge < -0.3 is 10.2 Å². The highest BCUT2D eigenvalue weighted by Gasteiger charge is 2.21. The molecule has 0 heterocycles. The summed E-state index contributed by atoms with van der Waals surface area (Å²) >= 11 is 18.4. The third kappa shape index (κ3) is 4.66. The molecular weight excluding hydrogens is 383 g/mol. The van der Waals surface area contributed by atoms with Crippen LogP contribution in [0.25, 0.3) is 0 Å². The second-order valence-electron chi connectivity index (χ2n) is 5.66. The van der Waals surface area contributed by atoms with Crippen LogP contribution in [0.3, 0.4) is 0 Å². The maximum atomic E-state index is 12.4. The van der Waals surface area contributed by atoms with E-state index in [0.717, 1.165) is 11.1 Å². The van der Waals surface area contributed by atoms with Gasteiger partial charge >= 0.3 is 0 Å². The number of aryl methyl sites for hydroxylation is 2. The number of carbonyl (C=O) groups is 2. The molecule has 0 saturated heterocycles. The van der Waals surface area contributed by atoms with E-state index in [2.05, 4.69) is 5.32 Å². The van der Waals surface area contributed by atoms with Crippen molar-refractivity contribution in [2.75, 3.05) is 16.8 Å². The fraction of sp³-hybridized carbons (Fsp3) is 0.222. The molecule has 2 amide bonds. The largest absolute Gasteiger partial charge is 0.322 e. The van der Waals surface area contributed by atoms with E-state index in [0.29, 0.717) is 26.4 Å². The van der Waals surface area contributed by atoms with Crippen LogP contribution in [-0.2, 0) is 9.59 Å². The van der Waals surface area contributed by atoms with Crippen LogP contribution >= 0.6 is 34.8 Å². The summed E-state index contributed by atoms with van der Waals surface area (Å²) in [5.74, 6) is -0.726. The van der Waals surface area contributed by atoms with Gasteiger partial charge in [0, 0.05) is 6.92 Å². The first-order valence-corrected chi connectivity index (χ1v) is 8.62. The molecule has 0 spiro atoms. The predicted molar refractivity (Wildman–Crippen MR) is 104 cm³/mol. The molecule has 2 rings (SSSR count). The summed E-state index contributed by atoms with van der Waals surface area (Å²) in [5, 5.41) is 3.70. The van der Waals surface area contributed by atoms with E-state index < -0.39 is 5.91 Å². The topological polar surface area (TPSA) is 49.4 Å². The van der Waals surface area contributed by atoms with Crippen molar-refractivity contribution in [3.63, 3.8) is 0 Å². The Morgan fingerprint density at radius 3 is 2.16 bits per heavy atom. The number of nitrogens with zero attached hydrogens (tertiary/aromatic N) is 1. The predicted octanol–water partition coefficient (Wildman–Crippen LogP) is 5.26. The summed E-state index contributed by atoms with van der Waals surface area (Å²) in [6.07, 6.45) is 0. The lowest BCUT2D eigenvalue weighted by Gasteiger charge is -2.24. The van der Waals surface area contributed by atoms with E-state index >= 15 is 0 Å². The Kier molecular flexibility index (Phi) is 6.33. The molecule has 0 unspecified atom stereocenters. The fourth-order valence-electron chi connectivity index (χ4n) is 2.54. The first-order valence-electron chi connectivity index (χ1n) is 7.49. The molecule has 7 heteroatoms. The average Bonchev–Trinajstić information content (AvgIpc) is 2.49. The van der Waals surface area contributed by atoms with Crippen molar-refractivity contribution in [3.05, 3.63) is 56.5 Å². The molecule has 132 valence electrons. The molecule has 0 atom stereocenters. The Labute approximate surface area is 161 Å². The maximum Gasteiger partial charge on any atom is 0.244 e. The number of para-hydroxylation sites is 1. The summed E-state index contributed by atoms with van der Waals surface area (Å²) in [5.41, 5.74) is 2.61. The first-order chi connectivity index (χ1) is 11.7. The highest BCUT2D eigenvalue weighted by atomic mass is 35.5. The molecule has 0 radical (unpaired) electrons. The number of anilines is 2. The summed E-state index contributed by atoms with van der Waals surface area (Å²) < 4.78 is 0. The van der Waals surface area contributed by atoms with Crippen molar-refractivity contribution in [2.24, 2.45) is 0 Å². The molecular formula is C18H17Cl3N2O2. The Hall–Kier alpha value is -1.75. The average molecular weight is 400 g/mol. The van der Waals surface area contributed by atoms with Crippen LogP contribution in [0, 0.1) is 13.8 Å². The van der Waals surface area contributed by atoms with Gasteiger partial charge in [-0.2, -0.15) is 0 Å². The van der Waals surface area contributed by atoms with Crippen LogP contribution in [0.2, 0.25) is 15.1 Å². The van der Waals surface area contributed by atoms with Gasteiger partial charge in [0.1, 0.15) is 6.54 Å². The van der Waals surface area contributed by atoms with Crippen LogP contribution in [0.15, 0.2) is 30.3 Å². The Morgan fingerprint density at radius 2 is 1.64 bits per heavy atom. The number of benzene rings is 2. The highest BCUT2D eigenvalue weighted by Crippen LogP contribution is 2.32. The monoisotopic (exact) mass is 398 g/mol. The number of hydrogen-bond donors (Lipinski definition) is 1. The number of rotatable bonds is 4. The van der Waals surface area contributed by atoms with E-state index in [-0.39, 0.29) is 12.5 Å². The summed E-state index contributed by atoms with van der Waals surface area (Å²) in [6, 6.07) is 8.57. The molecule has 1 N–H and O–H groups in total. The SMILES string of the molecule is CC(=O)N(CC(=O)Nc1c(Cl)cccc1Cl)c1c(C)cc(C)cc1Cl.